The van der Waals surface area contributed by atoms with E-state index in [-0.39, 0.29) is 5.78 Å². The molecule has 1 unspecified atom stereocenters. The van der Waals surface area contributed by atoms with Crippen LogP contribution in [0.5, 0.6) is 0 Å². The number of carbonyl (C=O) groups is 2. The van der Waals surface area contributed by atoms with Crippen molar-refractivity contribution in [1.29, 1.82) is 0 Å². The molecule has 0 bridgehead atoms. The summed E-state index contributed by atoms with van der Waals surface area (Å²) in [4.78, 5) is 22.4. The van der Waals surface area contributed by atoms with Gasteiger partial charge in [0, 0.05) is 13.3 Å². The maximum absolute atomic E-state index is 11.7. The van der Waals surface area contributed by atoms with Gasteiger partial charge >= 0.3 is 5.97 Å². The number of hydrogen-bond donors (Lipinski definition) is 0. The van der Waals surface area contributed by atoms with Crippen LogP contribution >= 0.6 is 0 Å². The molecule has 0 aromatic rings. The lowest BCUT2D eigenvalue weighted by Gasteiger charge is -2.09. The first kappa shape index (κ1) is 20.9. The van der Waals surface area contributed by atoms with E-state index in [2.05, 4.69) is 19.1 Å². The summed E-state index contributed by atoms with van der Waals surface area (Å²) in [6, 6.07) is 0. The number of Topliss-reactive ketones (excluding diaryl/α,β-unsaturated/α-hetero) is 1. The minimum Gasteiger partial charge on any atom is -0.455 e. The molecule has 0 aromatic heterocycles. The van der Waals surface area contributed by atoms with Crippen molar-refractivity contribution >= 4 is 11.8 Å². The van der Waals surface area contributed by atoms with E-state index in [0.29, 0.717) is 6.42 Å². The minimum absolute atomic E-state index is 0.0197. The third-order valence-electron chi connectivity index (χ3n) is 3.73. The Bertz CT molecular complexity index is 321. The zero-order valence-corrected chi connectivity index (χ0v) is 14.7. The van der Waals surface area contributed by atoms with E-state index in [1.54, 1.807) is 6.92 Å². The van der Waals surface area contributed by atoms with Crippen molar-refractivity contribution in [3.63, 3.8) is 0 Å². The van der Waals surface area contributed by atoms with Gasteiger partial charge in [0.1, 0.15) is 0 Å². The average Bonchev–Trinajstić information content (AvgIpc) is 2.47. The smallest absolute Gasteiger partial charge is 0.303 e. The summed E-state index contributed by atoms with van der Waals surface area (Å²) in [7, 11) is 0. The Labute approximate surface area is 136 Å². The van der Waals surface area contributed by atoms with E-state index in [1.165, 1.54) is 51.9 Å². The maximum atomic E-state index is 11.7. The molecular weight excluding hydrogens is 276 g/mol. The quantitative estimate of drug-likeness (QED) is 0.246. The molecule has 0 N–H and O–H groups in total. The fourth-order valence-electron chi connectivity index (χ4n) is 2.36. The Kier molecular flexibility index (Phi) is 14.0. The molecule has 0 amide bonds. The zero-order valence-electron chi connectivity index (χ0n) is 14.7. The van der Waals surface area contributed by atoms with Gasteiger partial charge in [-0.1, -0.05) is 51.2 Å². The lowest BCUT2D eigenvalue weighted by molar-refractivity contribution is -0.151. The van der Waals surface area contributed by atoms with Gasteiger partial charge < -0.3 is 4.74 Å². The molecule has 0 rings (SSSR count). The molecule has 1 atom stereocenters. The zero-order chi connectivity index (χ0) is 16.6. The van der Waals surface area contributed by atoms with Gasteiger partial charge in [0.05, 0.1) is 0 Å². The SMILES string of the molecule is CCCCCCCCC=CCCCCC(=O)C(C)OC(C)=O. The topological polar surface area (TPSA) is 43.4 Å². The van der Waals surface area contributed by atoms with E-state index < -0.39 is 12.1 Å². The van der Waals surface area contributed by atoms with E-state index in [0.717, 1.165) is 19.3 Å². The maximum Gasteiger partial charge on any atom is 0.303 e. The summed E-state index contributed by atoms with van der Waals surface area (Å²) in [5.41, 5.74) is 0. The van der Waals surface area contributed by atoms with Crippen LogP contribution in [0.2, 0.25) is 0 Å². The van der Waals surface area contributed by atoms with Crippen molar-refractivity contribution in [2.45, 2.75) is 97.5 Å². The fraction of sp³-hybridized carbons (Fsp3) is 0.789. The predicted molar refractivity (Wildman–Crippen MR) is 91.8 cm³/mol. The molecule has 0 aliphatic heterocycles. The number of esters is 1. The second kappa shape index (κ2) is 14.8. The number of unbranched alkanes of at least 4 members (excludes halogenated alkanes) is 8. The highest BCUT2D eigenvalue weighted by atomic mass is 16.5. The van der Waals surface area contributed by atoms with E-state index in [1.807, 2.05) is 0 Å². The largest absolute Gasteiger partial charge is 0.455 e. The van der Waals surface area contributed by atoms with Gasteiger partial charge in [0.25, 0.3) is 0 Å². The summed E-state index contributed by atoms with van der Waals surface area (Å²) >= 11 is 0. The first-order valence-electron chi connectivity index (χ1n) is 8.92. The van der Waals surface area contributed by atoms with Crippen molar-refractivity contribution in [1.82, 2.24) is 0 Å². The number of ketones is 1. The number of allylic oxidation sites excluding steroid dienone is 2. The highest BCUT2D eigenvalue weighted by molar-refractivity contribution is 5.84. The Morgan fingerprint density at radius 2 is 1.45 bits per heavy atom. The summed E-state index contributed by atoms with van der Waals surface area (Å²) in [6.45, 7) is 5.22. The number of ether oxygens (including phenoxy) is 1. The summed E-state index contributed by atoms with van der Waals surface area (Å²) < 4.78 is 4.87. The molecular formula is C19H34O3. The van der Waals surface area contributed by atoms with Gasteiger partial charge in [-0.2, -0.15) is 0 Å². The van der Waals surface area contributed by atoms with Gasteiger partial charge in [-0.25, -0.2) is 0 Å². The minimum atomic E-state index is -0.597. The van der Waals surface area contributed by atoms with Crippen molar-refractivity contribution in [3.05, 3.63) is 12.2 Å². The van der Waals surface area contributed by atoms with Crippen LogP contribution in [0.15, 0.2) is 12.2 Å². The summed E-state index contributed by atoms with van der Waals surface area (Å²) in [5.74, 6) is -0.371. The highest BCUT2D eigenvalue weighted by Crippen LogP contribution is 2.09. The Balaban J connectivity index is 3.39. The van der Waals surface area contributed by atoms with Crippen molar-refractivity contribution < 1.29 is 14.3 Å². The molecule has 22 heavy (non-hydrogen) atoms. The van der Waals surface area contributed by atoms with E-state index in [4.69, 9.17) is 4.74 Å². The Hall–Kier alpha value is -1.12. The first-order valence-corrected chi connectivity index (χ1v) is 8.92. The van der Waals surface area contributed by atoms with Crippen LogP contribution in [-0.4, -0.2) is 17.9 Å². The monoisotopic (exact) mass is 310 g/mol. The molecule has 0 fully saturated rings. The van der Waals surface area contributed by atoms with Gasteiger partial charge in [-0.15, -0.1) is 0 Å². The molecule has 0 saturated carbocycles. The fourth-order valence-corrected chi connectivity index (χ4v) is 2.36. The van der Waals surface area contributed by atoms with E-state index >= 15 is 0 Å². The van der Waals surface area contributed by atoms with Crippen LogP contribution in [0.25, 0.3) is 0 Å². The van der Waals surface area contributed by atoms with Crippen LogP contribution < -0.4 is 0 Å². The Morgan fingerprint density at radius 3 is 2.05 bits per heavy atom. The molecule has 0 radical (unpaired) electrons. The first-order chi connectivity index (χ1) is 10.6. The molecule has 0 aliphatic rings. The third-order valence-corrected chi connectivity index (χ3v) is 3.73. The van der Waals surface area contributed by atoms with Crippen LogP contribution in [0.4, 0.5) is 0 Å². The molecule has 0 aliphatic carbocycles. The van der Waals surface area contributed by atoms with E-state index in [9.17, 15) is 9.59 Å². The van der Waals surface area contributed by atoms with Gasteiger partial charge in [0.2, 0.25) is 0 Å². The van der Waals surface area contributed by atoms with Crippen LogP contribution in [0.1, 0.15) is 91.4 Å². The van der Waals surface area contributed by atoms with Gasteiger partial charge in [-0.05, 0) is 39.0 Å². The number of carbonyl (C=O) groups excluding carboxylic acids is 2. The van der Waals surface area contributed by atoms with Crippen LogP contribution in [-0.2, 0) is 14.3 Å². The normalized spacial score (nSPS) is 12.5. The van der Waals surface area contributed by atoms with Crippen molar-refractivity contribution in [3.8, 4) is 0 Å². The van der Waals surface area contributed by atoms with Crippen LogP contribution in [0.3, 0.4) is 0 Å². The van der Waals surface area contributed by atoms with Crippen molar-refractivity contribution in [2.75, 3.05) is 0 Å². The van der Waals surface area contributed by atoms with Crippen LogP contribution in [0, 0.1) is 0 Å². The highest BCUT2D eigenvalue weighted by Gasteiger charge is 2.14. The molecule has 0 saturated heterocycles. The molecule has 3 nitrogen and oxygen atoms in total. The molecule has 3 heteroatoms. The van der Waals surface area contributed by atoms with Gasteiger partial charge in [-0.3, -0.25) is 9.59 Å². The molecule has 0 aromatic carbocycles. The summed E-state index contributed by atoms with van der Waals surface area (Å²) in [5, 5.41) is 0. The average molecular weight is 310 g/mol. The van der Waals surface area contributed by atoms with Crippen molar-refractivity contribution in [2.24, 2.45) is 0 Å². The second-order valence-electron chi connectivity index (χ2n) is 5.99. The number of rotatable bonds is 14. The van der Waals surface area contributed by atoms with Gasteiger partial charge in [0.15, 0.2) is 11.9 Å². The standard InChI is InChI=1S/C19H34O3/c1-4-5-6-7-8-9-10-11-12-13-14-15-16-19(21)17(2)22-18(3)20/h11-12,17H,4-10,13-16H2,1-3H3. The molecule has 128 valence electrons. The summed E-state index contributed by atoms with van der Waals surface area (Å²) in [6.07, 6.45) is 16.5. The number of hydrogen-bond acceptors (Lipinski definition) is 3. The second-order valence-corrected chi connectivity index (χ2v) is 5.99. The lowest BCUT2D eigenvalue weighted by atomic mass is 10.1. The lowest BCUT2D eigenvalue weighted by Crippen LogP contribution is -2.22. The Morgan fingerprint density at radius 1 is 0.909 bits per heavy atom. The molecule has 0 heterocycles. The third kappa shape index (κ3) is 13.8. The predicted octanol–water partition coefficient (Wildman–Crippen LogP) is 5.37. The molecule has 0 spiro atoms.